The van der Waals surface area contributed by atoms with E-state index in [1.165, 1.54) is 0 Å². The molecular formula is C13H16ClNO2. The fourth-order valence-corrected chi connectivity index (χ4v) is 2.35. The van der Waals surface area contributed by atoms with Crippen molar-refractivity contribution in [2.75, 3.05) is 7.05 Å². The Balaban J connectivity index is 2.07. The first-order chi connectivity index (χ1) is 8.09. The molecule has 1 aliphatic rings. The van der Waals surface area contributed by atoms with E-state index in [4.69, 9.17) is 11.6 Å². The lowest BCUT2D eigenvalue weighted by molar-refractivity contribution is -0.143. The van der Waals surface area contributed by atoms with Crippen LogP contribution < -0.4 is 0 Å². The number of hydrogen-bond donors (Lipinski definition) is 1. The van der Waals surface area contributed by atoms with E-state index in [0.29, 0.717) is 17.5 Å². The number of aliphatic carboxylic acids is 1. The van der Waals surface area contributed by atoms with E-state index < -0.39 is 5.97 Å². The molecule has 0 spiro atoms. The number of carboxylic acid groups (broad SMARTS) is 1. The number of carboxylic acids is 1. The second-order valence-corrected chi connectivity index (χ2v) is 5.03. The Bertz CT molecular complexity index is 418. The predicted octanol–water partition coefficient (Wildman–Crippen LogP) is 2.64. The molecule has 1 aromatic rings. The van der Waals surface area contributed by atoms with Crippen molar-refractivity contribution in [3.05, 3.63) is 34.9 Å². The lowest BCUT2D eigenvalue weighted by Gasteiger charge is -2.24. The van der Waals surface area contributed by atoms with Gasteiger partial charge in [-0.1, -0.05) is 29.8 Å². The van der Waals surface area contributed by atoms with Crippen LogP contribution in [0, 0.1) is 5.92 Å². The fourth-order valence-electron chi connectivity index (χ4n) is 2.16. The van der Waals surface area contributed by atoms with Crippen molar-refractivity contribution < 1.29 is 9.90 Å². The van der Waals surface area contributed by atoms with Gasteiger partial charge in [0.2, 0.25) is 0 Å². The third kappa shape index (κ3) is 2.99. The third-order valence-corrected chi connectivity index (χ3v) is 3.54. The molecule has 4 heteroatoms. The third-order valence-electron chi connectivity index (χ3n) is 3.17. The van der Waals surface area contributed by atoms with Crippen molar-refractivity contribution >= 4 is 17.6 Å². The normalized spacial score (nSPS) is 17.1. The first-order valence-electron chi connectivity index (χ1n) is 5.76. The molecule has 1 fully saturated rings. The Kier molecular flexibility index (Phi) is 3.69. The highest BCUT2D eigenvalue weighted by Crippen LogP contribution is 2.35. The van der Waals surface area contributed by atoms with Crippen LogP contribution in [-0.4, -0.2) is 29.1 Å². The maximum Gasteiger partial charge on any atom is 0.321 e. The van der Waals surface area contributed by atoms with Gasteiger partial charge in [0, 0.05) is 11.6 Å². The monoisotopic (exact) mass is 253 g/mol. The molecule has 92 valence electrons. The summed E-state index contributed by atoms with van der Waals surface area (Å²) >= 11 is 6.07. The van der Waals surface area contributed by atoms with Crippen LogP contribution in [0.25, 0.3) is 0 Å². The van der Waals surface area contributed by atoms with Crippen molar-refractivity contribution in [1.82, 2.24) is 4.90 Å². The van der Waals surface area contributed by atoms with Crippen LogP contribution in [0.2, 0.25) is 5.02 Å². The van der Waals surface area contributed by atoms with Crippen LogP contribution in [0.4, 0.5) is 0 Å². The molecule has 1 unspecified atom stereocenters. The highest BCUT2D eigenvalue weighted by atomic mass is 35.5. The van der Waals surface area contributed by atoms with E-state index in [0.717, 1.165) is 18.4 Å². The number of carbonyl (C=O) groups is 1. The predicted molar refractivity (Wildman–Crippen MR) is 67.1 cm³/mol. The molecule has 0 heterocycles. The Labute approximate surface area is 106 Å². The summed E-state index contributed by atoms with van der Waals surface area (Å²) in [6, 6.07) is 7.18. The van der Waals surface area contributed by atoms with Gasteiger partial charge in [0.15, 0.2) is 0 Å². The average molecular weight is 254 g/mol. The van der Waals surface area contributed by atoms with Gasteiger partial charge in [-0.15, -0.1) is 0 Å². The summed E-state index contributed by atoms with van der Waals surface area (Å²) in [6.45, 7) is 0.577. The van der Waals surface area contributed by atoms with E-state index in [1.807, 2.05) is 36.2 Å². The van der Waals surface area contributed by atoms with Crippen molar-refractivity contribution in [2.45, 2.75) is 25.4 Å². The number of benzene rings is 1. The van der Waals surface area contributed by atoms with Gasteiger partial charge in [0.05, 0.1) is 0 Å². The fraction of sp³-hybridized carbons (Fsp3) is 0.462. The van der Waals surface area contributed by atoms with Crippen LogP contribution in [-0.2, 0) is 11.3 Å². The maximum atomic E-state index is 11.2. The molecule has 1 aliphatic carbocycles. The molecule has 1 N–H and O–H groups in total. The maximum absolute atomic E-state index is 11.2. The van der Waals surface area contributed by atoms with Crippen molar-refractivity contribution in [1.29, 1.82) is 0 Å². The van der Waals surface area contributed by atoms with Gasteiger partial charge in [-0.3, -0.25) is 9.69 Å². The average Bonchev–Trinajstić information content (AvgIpc) is 3.05. The molecule has 1 atom stereocenters. The zero-order valence-corrected chi connectivity index (χ0v) is 10.5. The summed E-state index contributed by atoms with van der Waals surface area (Å²) in [5.74, 6) is -0.429. The molecule has 3 nitrogen and oxygen atoms in total. The van der Waals surface area contributed by atoms with E-state index in [1.54, 1.807) is 0 Å². The molecule has 0 aromatic heterocycles. The minimum Gasteiger partial charge on any atom is -0.480 e. The SMILES string of the molecule is CN(Cc1ccccc1Cl)C(C(=O)O)C1CC1. The highest BCUT2D eigenvalue weighted by Gasteiger charge is 2.38. The van der Waals surface area contributed by atoms with Gasteiger partial charge in [0.25, 0.3) is 0 Å². The molecule has 2 rings (SSSR count). The molecule has 0 saturated heterocycles. The standard InChI is InChI=1S/C13H16ClNO2/c1-15(12(13(16)17)9-6-7-9)8-10-4-2-3-5-11(10)14/h2-5,9,12H,6-8H2,1H3,(H,16,17). The van der Waals surface area contributed by atoms with Gasteiger partial charge < -0.3 is 5.11 Å². The number of nitrogens with zero attached hydrogens (tertiary/aromatic N) is 1. The summed E-state index contributed by atoms with van der Waals surface area (Å²) < 4.78 is 0. The van der Waals surface area contributed by atoms with E-state index in [2.05, 4.69) is 0 Å². The largest absolute Gasteiger partial charge is 0.480 e. The molecular weight excluding hydrogens is 238 g/mol. The van der Waals surface area contributed by atoms with Crippen molar-refractivity contribution in [3.8, 4) is 0 Å². The van der Waals surface area contributed by atoms with Gasteiger partial charge in [-0.25, -0.2) is 0 Å². The first-order valence-corrected chi connectivity index (χ1v) is 6.14. The second-order valence-electron chi connectivity index (χ2n) is 4.63. The Hall–Kier alpha value is -1.06. The number of rotatable bonds is 5. The summed E-state index contributed by atoms with van der Waals surface area (Å²) in [5, 5.41) is 9.92. The molecule has 1 saturated carbocycles. The molecule has 0 aliphatic heterocycles. The van der Waals surface area contributed by atoms with Crippen LogP contribution in [0.5, 0.6) is 0 Å². The zero-order valence-electron chi connectivity index (χ0n) is 9.77. The van der Waals surface area contributed by atoms with Gasteiger partial charge >= 0.3 is 5.97 Å². The lowest BCUT2D eigenvalue weighted by atomic mass is 10.1. The molecule has 0 radical (unpaired) electrons. The van der Waals surface area contributed by atoms with E-state index in [9.17, 15) is 9.90 Å². The molecule has 17 heavy (non-hydrogen) atoms. The quantitative estimate of drug-likeness (QED) is 0.877. The molecule has 1 aromatic carbocycles. The second kappa shape index (κ2) is 5.07. The van der Waals surface area contributed by atoms with Gasteiger partial charge in [0.1, 0.15) is 6.04 Å². The first kappa shape index (κ1) is 12.4. The van der Waals surface area contributed by atoms with Crippen LogP contribution in [0.1, 0.15) is 18.4 Å². The zero-order chi connectivity index (χ0) is 12.4. The van der Waals surface area contributed by atoms with E-state index >= 15 is 0 Å². The van der Waals surface area contributed by atoms with E-state index in [-0.39, 0.29) is 6.04 Å². The summed E-state index contributed by atoms with van der Waals surface area (Å²) in [6.07, 6.45) is 2.04. The lowest BCUT2D eigenvalue weighted by Crippen LogP contribution is -2.39. The molecule has 0 amide bonds. The number of halogens is 1. The minimum atomic E-state index is -0.734. The number of likely N-dealkylation sites (N-methyl/N-ethyl adjacent to an activating group) is 1. The molecule has 0 bridgehead atoms. The Morgan fingerprint density at radius 3 is 2.71 bits per heavy atom. The van der Waals surface area contributed by atoms with Crippen LogP contribution >= 0.6 is 11.6 Å². The minimum absolute atomic E-state index is 0.306. The summed E-state index contributed by atoms with van der Waals surface area (Å²) in [5.41, 5.74) is 0.976. The van der Waals surface area contributed by atoms with Crippen LogP contribution in [0.15, 0.2) is 24.3 Å². The number of hydrogen-bond acceptors (Lipinski definition) is 2. The summed E-state index contributed by atoms with van der Waals surface area (Å²) in [4.78, 5) is 13.1. The summed E-state index contributed by atoms with van der Waals surface area (Å²) in [7, 11) is 1.85. The Morgan fingerprint density at radius 2 is 2.18 bits per heavy atom. The topological polar surface area (TPSA) is 40.5 Å². The Morgan fingerprint density at radius 1 is 1.53 bits per heavy atom. The van der Waals surface area contributed by atoms with Crippen molar-refractivity contribution in [3.63, 3.8) is 0 Å². The highest BCUT2D eigenvalue weighted by molar-refractivity contribution is 6.31. The smallest absolute Gasteiger partial charge is 0.321 e. The van der Waals surface area contributed by atoms with Gasteiger partial charge in [-0.2, -0.15) is 0 Å². The van der Waals surface area contributed by atoms with Crippen LogP contribution in [0.3, 0.4) is 0 Å². The van der Waals surface area contributed by atoms with Gasteiger partial charge in [-0.05, 0) is 37.4 Å². The van der Waals surface area contributed by atoms with Crippen molar-refractivity contribution in [2.24, 2.45) is 5.92 Å².